The van der Waals surface area contributed by atoms with Gasteiger partial charge in [0, 0.05) is 6.54 Å². The number of hydrogen-bond donors (Lipinski definition) is 1. The standard InChI is InChI=1S/C10H21N/c1-4-5-7-10(2)8-6-9-11-3/h6,8,10-11H,4-5,7,9H2,1-3H3. The third-order valence-corrected chi connectivity index (χ3v) is 1.80. The zero-order valence-corrected chi connectivity index (χ0v) is 8.06. The molecular weight excluding hydrogens is 134 g/mol. The predicted molar refractivity (Wildman–Crippen MR) is 51.8 cm³/mol. The molecule has 1 N–H and O–H groups in total. The minimum Gasteiger partial charge on any atom is -0.316 e. The lowest BCUT2D eigenvalue weighted by molar-refractivity contribution is 0.596. The fourth-order valence-corrected chi connectivity index (χ4v) is 1.04. The Morgan fingerprint density at radius 3 is 2.73 bits per heavy atom. The van der Waals surface area contributed by atoms with Crippen LogP contribution in [0, 0.1) is 5.92 Å². The minimum atomic E-state index is 0.753. The Hall–Kier alpha value is -0.300. The summed E-state index contributed by atoms with van der Waals surface area (Å²) in [5.74, 6) is 0.753. The third-order valence-electron chi connectivity index (χ3n) is 1.80. The smallest absolute Gasteiger partial charge is 0.0131 e. The summed E-state index contributed by atoms with van der Waals surface area (Å²) in [6.07, 6.45) is 8.50. The molecule has 66 valence electrons. The molecule has 1 heteroatoms. The molecule has 0 fully saturated rings. The van der Waals surface area contributed by atoms with E-state index in [0.717, 1.165) is 12.5 Å². The van der Waals surface area contributed by atoms with E-state index in [1.54, 1.807) is 0 Å². The molecule has 0 bridgehead atoms. The maximum atomic E-state index is 3.09. The van der Waals surface area contributed by atoms with Gasteiger partial charge < -0.3 is 5.32 Å². The Labute approximate surface area is 70.9 Å². The van der Waals surface area contributed by atoms with Crippen LogP contribution in [-0.2, 0) is 0 Å². The van der Waals surface area contributed by atoms with Crippen LogP contribution < -0.4 is 5.32 Å². The summed E-state index contributed by atoms with van der Waals surface area (Å²) in [6.45, 7) is 5.52. The van der Waals surface area contributed by atoms with Crippen molar-refractivity contribution in [1.82, 2.24) is 5.32 Å². The maximum absolute atomic E-state index is 3.09. The highest BCUT2D eigenvalue weighted by Gasteiger charge is 1.93. The van der Waals surface area contributed by atoms with E-state index in [0.29, 0.717) is 0 Å². The van der Waals surface area contributed by atoms with Gasteiger partial charge in [0.15, 0.2) is 0 Å². The van der Waals surface area contributed by atoms with Crippen molar-refractivity contribution in [1.29, 1.82) is 0 Å². The van der Waals surface area contributed by atoms with Crippen LogP contribution >= 0.6 is 0 Å². The van der Waals surface area contributed by atoms with Crippen LogP contribution in [-0.4, -0.2) is 13.6 Å². The molecule has 1 atom stereocenters. The Morgan fingerprint density at radius 2 is 2.18 bits per heavy atom. The number of nitrogens with one attached hydrogen (secondary N) is 1. The average molecular weight is 155 g/mol. The van der Waals surface area contributed by atoms with E-state index < -0.39 is 0 Å². The third kappa shape index (κ3) is 7.60. The van der Waals surface area contributed by atoms with E-state index >= 15 is 0 Å². The molecule has 0 radical (unpaired) electrons. The second-order valence-corrected chi connectivity index (χ2v) is 3.11. The highest BCUT2D eigenvalue weighted by atomic mass is 14.8. The molecule has 0 aromatic heterocycles. The number of hydrogen-bond acceptors (Lipinski definition) is 1. The van der Waals surface area contributed by atoms with Crippen LogP contribution in [0.3, 0.4) is 0 Å². The molecular formula is C10H21N. The number of unbranched alkanes of at least 4 members (excludes halogenated alkanes) is 1. The summed E-state index contributed by atoms with van der Waals surface area (Å²) < 4.78 is 0. The number of rotatable bonds is 6. The second kappa shape index (κ2) is 7.80. The maximum Gasteiger partial charge on any atom is 0.0131 e. The van der Waals surface area contributed by atoms with Crippen molar-refractivity contribution >= 4 is 0 Å². The molecule has 0 aliphatic carbocycles. The molecule has 1 unspecified atom stereocenters. The van der Waals surface area contributed by atoms with Gasteiger partial charge in [-0.1, -0.05) is 38.8 Å². The molecule has 0 saturated carbocycles. The molecule has 0 heterocycles. The monoisotopic (exact) mass is 155 g/mol. The largest absolute Gasteiger partial charge is 0.316 e. The lowest BCUT2D eigenvalue weighted by Gasteiger charge is -2.03. The van der Waals surface area contributed by atoms with E-state index in [4.69, 9.17) is 0 Å². The zero-order chi connectivity index (χ0) is 8.53. The van der Waals surface area contributed by atoms with Gasteiger partial charge >= 0.3 is 0 Å². The molecule has 0 aliphatic rings. The average Bonchev–Trinajstić information content (AvgIpc) is 2.01. The first kappa shape index (κ1) is 10.7. The van der Waals surface area contributed by atoms with Gasteiger partial charge in [0.2, 0.25) is 0 Å². The Bertz CT molecular complexity index is 97.0. The summed E-state index contributed by atoms with van der Waals surface area (Å²) in [5.41, 5.74) is 0. The highest BCUT2D eigenvalue weighted by Crippen LogP contribution is 2.07. The van der Waals surface area contributed by atoms with Gasteiger partial charge in [-0.2, -0.15) is 0 Å². The van der Waals surface area contributed by atoms with Crippen molar-refractivity contribution in [2.75, 3.05) is 13.6 Å². The van der Waals surface area contributed by atoms with E-state index in [2.05, 4.69) is 31.3 Å². The van der Waals surface area contributed by atoms with E-state index in [1.165, 1.54) is 19.3 Å². The first-order valence-corrected chi connectivity index (χ1v) is 4.62. The molecule has 0 rings (SSSR count). The van der Waals surface area contributed by atoms with Crippen molar-refractivity contribution < 1.29 is 0 Å². The Kier molecular flexibility index (Phi) is 7.59. The van der Waals surface area contributed by atoms with Crippen LogP contribution in [0.1, 0.15) is 33.1 Å². The van der Waals surface area contributed by atoms with Gasteiger partial charge in [0.1, 0.15) is 0 Å². The van der Waals surface area contributed by atoms with Crippen LogP contribution in [0.4, 0.5) is 0 Å². The fraction of sp³-hybridized carbons (Fsp3) is 0.800. The first-order valence-electron chi connectivity index (χ1n) is 4.62. The van der Waals surface area contributed by atoms with Gasteiger partial charge in [-0.25, -0.2) is 0 Å². The lowest BCUT2D eigenvalue weighted by Crippen LogP contribution is -2.04. The van der Waals surface area contributed by atoms with Crippen molar-refractivity contribution in [3.63, 3.8) is 0 Å². The van der Waals surface area contributed by atoms with Gasteiger partial charge in [0.25, 0.3) is 0 Å². The molecule has 0 saturated heterocycles. The van der Waals surface area contributed by atoms with Gasteiger partial charge in [-0.3, -0.25) is 0 Å². The SMILES string of the molecule is CCCCC(C)C=CCNC. The van der Waals surface area contributed by atoms with E-state index in [9.17, 15) is 0 Å². The van der Waals surface area contributed by atoms with Gasteiger partial charge in [0.05, 0.1) is 0 Å². The molecule has 1 nitrogen and oxygen atoms in total. The molecule has 0 aliphatic heterocycles. The molecule has 0 aromatic carbocycles. The fourth-order valence-electron chi connectivity index (χ4n) is 1.04. The molecule has 0 spiro atoms. The summed E-state index contributed by atoms with van der Waals surface area (Å²) in [4.78, 5) is 0. The van der Waals surface area contributed by atoms with Crippen molar-refractivity contribution in [2.45, 2.75) is 33.1 Å². The summed E-state index contributed by atoms with van der Waals surface area (Å²) >= 11 is 0. The van der Waals surface area contributed by atoms with Crippen LogP contribution in [0.5, 0.6) is 0 Å². The number of likely N-dealkylation sites (N-methyl/N-ethyl adjacent to an activating group) is 1. The van der Waals surface area contributed by atoms with Crippen molar-refractivity contribution in [3.8, 4) is 0 Å². The summed E-state index contributed by atoms with van der Waals surface area (Å²) in [6, 6.07) is 0. The van der Waals surface area contributed by atoms with Crippen LogP contribution in [0.25, 0.3) is 0 Å². The van der Waals surface area contributed by atoms with E-state index in [-0.39, 0.29) is 0 Å². The van der Waals surface area contributed by atoms with Gasteiger partial charge in [-0.05, 0) is 19.4 Å². The topological polar surface area (TPSA) is 12.0 Å². The Morgan fingerprint density at radius 1 is 1.45 bits per heavy atom. The Balaban J connectivity index is 3.27. The lowest BCUT2D eigenvalue weighted by atomic mass is 10.0. The summed E-state index contributed by atoms with van der Waals surface area (Å²) in [7, 11) is 1.97. The van der Waals surface area contributed by atoms with Crippen LogP contribution in [0.2, 0.25) is 0 Å². The predicted octanol–water partition coefficient (Wildman–Crippen LogP) is 2.59. The number of allylic oxidation sites excluding steroid dienone is 1. The molecule has 11 heavy (non-hydrogen) atoms. The van der Waals surface area contributed by atoms with Crippen LogP contribution in [0.15, 0.2) is 12.2 Å². The second-order valence-electron chi connectivity index (χ2n) is 3.11. The van der Waals surface area contributed by atoms with E-state index in [1.807, 2.05) is 7.05 Å². The molecule has 0 aromatic rings. The quantitative estimate of drug-likeness (QED) is 0.581. The van der Waals surface area contributed by atoms with Crippen molar-refractivity contribution in [2.24, 2.45) is 5.92 Å². The zero-order valence-electron chi connectivity index (χ0n) is 8.06. The first-order chi connectivity index (χ1) is 5.31. The molecule has 0 amide bonds. The minimum absolute atomic E-state index is 0.753. The highest BCUT2D eigenvalue weighted by molar-refractivity contribution is 4.87. The van der Waals surface area contributed by atoms with Gasteiger partial charge in [-0.15, -0.1) is 0 Å². The summed E-state index contributed by atoms with van der Waals surface area (Å²) in [5, 5.41) is 3.09. The van der Waals surface area contributed by atoms with Crippen molar-refractivity contribution in [3.05, 3.63) is 12.2 Å². The normalized spacial score (nSPS) is 14.1.